The Bertz CT molecular complexity index is 303. The van der Waals surface area contributed by atoms with Crippen LogP contribution in [0.25, 0.3) is 0 Å². The molecule has 1 rings (SSSR count). The molecule has 0 aromatic rings. The zero-order chi connectivity index (χ0) is 11.4. The minimum absolute atomic E-state index is 0.0339. The molecule has 1 N–H and O–H groups in total. The van der Waals surface area contributed by atoms with Gasteiger partial charge >= 0.3 is 5.97 Å². The molecule has 1 heterocycles. The van der Waals surface area contributed by atoms with Crippen molar-refractivity contribution in [2.75, 3.05) is 6.54 Å². The number of carbonyl (C=O) groups is 3. The molecule has 0 fully saturated rings. The summed E-state index contributed by atoms with van der Waals surface area (Å²) in [6, 6.07) is 0. The molecular weight excluding hydrogens is 198 g/mol. The van der Waals surface area contributed by atoms with Crippen LogP contribution in [0, 0.1) is 5.92 Å². The predicted molar refractivity (Wildman–Crippen MR) is 51.9 cm³/mol. The molecule has 0 aliphatic carbocycles. The number of hydrogen-bond donors (Lipinski definition) is 1. The maximum Gasteiger partial charge on any atom is 0.308 e. The van der Waals surface area contributed by atoms with Crippen LogP contribution in [-0.2, 0) is 14.4 Å². The number of aliphatic carboxylic acids is 1. The molecule has 1 atom stereocenters. The second-order valence-corrected chi connectivity index (χ2v) is 3.44. The van der Waals surface area contributed by atoms with Crippen molar-refractivity contribution in [2.45, 2.75) is 19.8 Å². The Morgan fingerprint density at radius 3 is 2.33 bits per heavy atom. The van der Waals surface area contributed by atoms with Gasteiger partial charge < -0.3 is 5.11 Å². The van der Waals surface area contributed by atoms with Crippen molar-refractivity contribution in [1.29, 1.82) is 0 Å². The molecular formula is C10H13NO4. The maximum atomic E-state index is 11.2. The van der Waals surface area contributed by atoms with E-state index < -0.39 is 23.7 Å². The standard InChI is InChI=1S/C10H13NO4/c1-2-3-7(10(14)15)6-11-8(12)4-5-9(11)13/h4-5,7H,2-3,6H2,1H3,(H,14,15). The van der Waals surface area contributed by atoms with E-state index in [-0.39, 0.29) is 6.54 Å². The fraction of sp³-hybridized carbons (Fsp3) is 0.500. The number of carboxylic acids is 1. The van der Waals surface area contributed by atoms with Crippen LogP contribution in [0.4, 0.5) is 0 Å². The molecule has 1 unspecified atom stereocenters. The van der Waals surface area contributed by atoms with Gasteiger partial charge in [0.25, 0.3) is 11.8 Å². The van der Waals surface area contributed by atoms with E-state index in [4.69, 9.17) is 5.11 Å². The lowest BCUT2D eigenvalue weighted by molar-refractivity contribution is -0.145. The van der Waals surface area contributed by atoms with Crippen LogP contribution in [-0.4, -0.2) is 34.3 Å². The van der Waals surface area contributed by atoms with Gasteiger partial charge in [0.05, 0.1) is 5.92 Å². The Morgan fingerprint density at radius 1 is 1.40 bits per heavy atom. The molecule has 1 aliphatic rings. The first-order chi connectivity index (χ1) is 7.06. The Balaban J connectivity index is 2.62. The summed E-state index contributed by atoms with van der Waals surface area (Å²) in [7, 11) is 0. The van der Waals surface area contributed by atoms with Gasteiger partial charge in [-0.15, -0.1) is 0 Å². The third-order valence-corrected chi connectivity index (χ3v) is 2.29. The normalized spacial score (nSPS) is 17.3. The van der Waals surface area contributed by atoms with Crippen molar-refractivity contribution >= 4 is 17.8 Å². The molecule has 0 bridgehead atoms. The number of hydrogen-bond acceptors (Lipinski definition) is 3. The van der Waals surface area contributed by atoms with Crippen molar-refractivity contribution < 1.29 is 19.5 Å². The van der Waals surface area contributed by atoms with Gasteiger partial charge in [-0.3, -0.25) is 19.3 Å². The summed E-state index contributed by atoms with van der Waals surface area (Å²) >= 11 is 0. The van der Waals surface area contributed by atoms with Crippen LogP contribution in [0.1, 0.15) is 19.8 Å². The molecule has 0 saturated heterocycles. The fourth-order valence-electron chi connectivity index (χ4n) is 1.47. The van der Waals surface area contributed by atoms with E-state index in [9.17, 15) is 14.4 Å². The summed E-state index contributed by atoms with van der Waals surface area (Å²) in [5, 5.41) is 8.87. The van der Waals surface area contributed by atoms with E-state index in [1.807, 2.05) is 6.92 Å². The lowest BCUT2D eigenvalue weighted by atomic mass is 10.0. The highest BCUT2D eigenvalue weighted by Crippen LogP contribution is 2.12. The van der Waals surface area contributed by atoms with Crippen LogP contribution in [0.15, 0.2) is 12.2 Å². The van der Waals surface area contributed by atoms with Crippen LogP contribution < -0.4 is 0 Å². The van der Waals surface area contributed by atoms with Gasteiger partial charge in [0.15, 0.2) is 0 Å². The smallest absolute Gasteiger partial charge is 0.308 e. The van der Waals surface area contributed by atoms with Crippen LogP contribution in [0.3, 0.4) is 0 Å². The first-order valence-electron chi connectivity index (χ1n) is 4.82. The molecule has 0 saturated carbocycles. The molecule has 5 nitrogen and oxygen atoms in total. The Labute approximate surface area is 87.4 Å². The third kappa shape index (κ3) is 2.65. The summed E-state index contributed by atoms with van der Waals surface area (Å²) in [6.07, 6.45) is 3.49. The molecule has 5 heteroatoms. The largest absolute Gasteiger partial charge is 0.481 e. The predicted octanol–water partition coefficient (Wildman–Crippen LogP) is 0.412. The highest BCUT2D eigenvalue weighted by atomic mass is 16.4. The minimum Gasteiger partial charge on any atom is -0.481 e. The van der Waals surface area contributed by atoms with Crippen LogP contribution >= 0.6 is 0 Å². The van der Waals surface area contributed by atoms with Gasteiger partial charge in [0.1, 0.15) is 0 Å². The van der Waals surface area contributed by atoms with E-state index >= 15 is 0 Å². The van der Waals surface area contributed by atoms with Crippen LogP contribution in [0.5, 0.6) is 0 Å². The Kier molecular flexibility index (Phi) is 3.60. The lowest BCUT2D eigenvalue weighted by Crippen LogP contribution is -2.37. The molecule has 0 aromatic carbocycles. The summed E-state index contributed by atoms with van der Waals surface area (Å²) in [4.78, 5) is 34.1. The van der Waals surface area contributed by atoms with Crippen molar-refractivity contribution in [3.63, 3.8) is 0 Å². The fourth-order valence-corrected chi connectivity index (χ4v) is 1.47. The van der Waals surface area contributed by atoms with Crippen molar-refractivity contribution in [2.24, 2.45) is 5.92 Å². The molecule has 2 amide bonds. The van der Waals surface area contributed by atoms with Crippen molar-refractivity contribution in [3.8, 4) is 0 Å². The second-order valence-electron chi connectivity index (χ2n) is 3.44. The number of carbonyl (C=O) groups excluding carboxylic acids is 2. The second kappa shape index (κ2) is 4.72. The number of rotatable bonds is 5. The number of carboxylic acid groups (broad SMARTS) is 1. The van der Waals surface area contributed by atoms with Gasteiger partial charge in [-0.25, -0.2) is 0 Å². The molecule has 1 aliphatic heterocycles. The van der Waals surface area contributed by atoms with Crippen molar-refractivity contribution in [3.05, 3.63) is 12.2 Å². The van der Waals surface area contributed by atoms with E-state index in [0.29, 0.717) is 12.8 Å². The molecule has 15 heavy (non-hydrogen) atoms. The highest BCUT2D eigenvalue weighted by molar-refractivity contribution is 6.13. The topological polar surface area (TPSA) is 74.7 Å². The maximum absolute atomic E-state index is 11.2. The number of nitrogens with zero attached hydrogens (tertiary/aromatic N) is 1. The average Bonchev–Trinajstić information content (AvgIpc) is 2.48. The number of imide groups is 1. The SMILES string of the molecule is CCCC(CN1C(=O)C=CC1=O)C(=O)O. The minimum atomic E-state index is -0.968. The summed E-state index contributed by atoms with van der Waals surface area (Å²) < 4.78 is 0. The summed E-state index contributed by atoms with van der Waals surface area (Å²) in [6.45, 7) is 1.83. The third-order valence-electron chi connectivity index (χ3n) is 2.29. The Hall–Kier alpha value is -1.65. The van der Waals surface area contributed by atoms with Gasteiger partial charge in [0.2, 0.25) is 0 Å². The molecule has 0 aromatic heterocycles. The zero-order valence-electron chi connectivity index (χ0n) is 8.47. The summed E-state index contributed by atoms with van der Waals surface area (Å²) in [5.74, 6) is -2.49. The van der Waals surface area contributed by atoms with Gasteiger partial charge in [0, 0.05) is 18.7 Å². The van der Waals surface area contributed by atoms with E-state index in [2.05, 4.69) is 0 Å². The number of amides is 2. The van der Waals surface area contributed by atoms with Crippen molar-refractivity contribution in [1.82, 2.24) is 4.90 Å². The summed E-state index contributed by atoms with van der Waals surface area (Å²) in [5.41, 5.74) is 0. The van der Waals surface area contributed by atoms with Crippen LogP contribution in [0.2, 0.25) is 0 Å². The Morgan fingerprint density at radius 2 is 1.93 bits per heavy atom. The quantitative estimate of drug-likeness (QED) is 0.668. The van der Waals surface area contributed by atoms with Gasteiger partial charge in [-0.2, -0.15) is 0 Å². The monoisotopic (exact) mass is 211 g/mol. The van der Waals surface area contributed by atoms with Gasteiger partial charge in [-0.05, 0) is 6.42 Å². The van der Waals surface area contributed by atoms with Gasteiger partial charge in [-0.1, -0.05) is 13.3 Å². The molecule has 0 radical (unpaired) electrons. The first-order valence-corrected chi connectivity index (χ1v) is 4.82. The molecule has 82 valence electrons. The zero-order valence-corrected chi connectivity index (χ0v) is 8.47. The van der Waals surface area contributed by atoms with E-state index in [0.717, 1.165) is 17.1 Å². The highest BCUT2D eigenvalue weighted by Gasteiger charge is 2.28. The average molecular weight is 211 g/mol. The van der Waals surface area contributed by atoms with E-state index in [1.54, 1.807) is 0 Å². The molecule has 0 spiro atoms. The first kappa shape index (κ1) is 11.4. The lowest BCUT2D eigenvalue weighted by Gasteiger charge is -2.18. The van der Waals surface area contributed by atoms with E-state index in [1.165, 1.54) is 0 Å².